The van der Waals surface area contributed by atoms with Crippen LogP contribution in [0.4, 0.5) is 0 Å². The Morgan fingerprint density at radius 3 is 2.45 bits per heavy atom. The molecule has 0 heterocycles. The Bertz CT molecular complexity index is 973. The van der Waals surface area contributed by atoms with Crippen molar-refractivity contribution in [2.24, 2.45) is 5.10 Å². The summed E-state index contributed by atoms with van der Waals surface area (Å²) in [6.07, 6.45) is 1.53. The first kappa shape index (κ1) is 20.5. The number of benzene rings is 3. The molecule has 29 heavy (non-hydrogen) atoms. The molecule has 0 fully saturated rings. The topological polar surface area (TPSA) is 59.9 Å². The maximum Gasteiger partial charge on any atom is 0.271 e. The lowest BCUT2D eigenvalue weighted by atomic mass is 10.1. The van der Waals surface area contributed by atoms with Gasteiger partial charge in [-0.05, 0) is 48.0 Å². The Kier molecular flexibility index (Phi) is 7.30. The molecule has 1 N–H and O–H groups in total. The van der Waals surface area contributed by atoms with Crippen LogP contribution in [0.2, 0.25) is 0 Å². The van der Waals surface area contributed by atoms with Crippen molar-refractivity contribution < 1.29 is 14.3 Å². The normalized spacial score (nSPS) is 10.7. The first-order valence-corrected chi connectivity index (χ1v) is 10.0. The molecule has 0 aliphatic rings. The molecular weight excluding hydrogens is 384 g/mol. The van der Waals surface area contributed by atoms with Crippen molar-refractivity contribution in [3.8, 4) is 11.5 Å². The average Bonchev–Trinajstić information content (AvgIpc) is 2.78. The van der Waals surface area contributed by atoms with Gasteiger partial charge in [0.05, 0.1) is 20.4 Å². The number of hydrogen-bond acceptors (Lipinski definition) is 5. The Morgan fingerprint density at radius 1 is 1.00 bits per heavy atom. The zero-order valence-electron chi connectivity index (χ0n) is 16.3. The van der Waals surface area contributed by atoms with E-state index in [4.69, 9.17) is 9.47 Å². The molecule has 3 aromatic carbocycles. The molecule has 0 aliphatic heterocycles. The number of carbonyl (C=O) groups excluding carboxylic acids is 1. The lowest BCUT2D eigenvalue weighted by Gasteiger charge is -2.07. The molecule has 0 bridgehead atoms. The third-order valence-electron chi connectivity index (χ3n) is 4.17. The van der Waals surface area contributed by atoms with Crippen LogP contribution in [0.25, 0.3) is 0 Å². The number of nitrogens with one attached hydrogen (secondary N) is 1. The lowest BCUT2D eigenvalue weighted by Crippen LogP contribution is -2.17. The van der Waals surface area contributed by atoms with Gasteiger partial charge in [-0.3, -0.25) is 4.79 Å². The summed E-state index contributed by atoms with van der Waals surface area (Å²) in [5.74, 6) is 1.90. The molecule has 0 saturated heterocycles. The van der Waals surface area contributed by atoms with Gasteiger partial charge in [0.1, 0.15) is 11.5 Å². The van der Waals surface area contributed by atoms with Gasteiger partial charge in [0.15, 0.2) is 0 Å². The van der Waals surface area contributed by atoms with Gasteiger partial charge in [-0.2, -0.15) is 5.10 Å². The number of nitrogens with zero attached hydrogens (tertiary/aromatic N) is 1. The molecule has 148 valence electrons. The van der Waals surface area contributed by atoms with Gasteiger partial charge < -0.3 is 9.47 Å². The minimum Gasteiger partial charge on any atom is -0.497 e. The predicted molar refractivity (Wildman–Crippen MR) is 117 cm³/mol. The van der Waals surface area contributed by atoms with E-state index in [1.807, 2.05) is 30.3 Å². The maximum atomic E-state index is 12.3. The average molecular weight is 407 g/mol. The van der Waals surface area contributed by atoms with Crippen LogP contribution in [-0.4, -0.2) is 26.3 Å². The molecule has 0 aromatic heterocycles. The van der Waals surface area contributed by atoms with Crippen molar-refractivity contribution in [3.05, 3.63) is 89.5 Å². The van der Waals surface area contributed by atoms with E-state index in [1.54, 1.807) is 56.3 Å². The summed E-state index contributed by atoms with van der Waals surface area (Å²) in [5.41, 5.74) is 4.95. The van der Waals surface area contributed by atoms with Crippen LogP contribution in [0, 0.1) is 0 Å². The monoisotopic (exact) mass is 406 g/mol. The zero-order valence-corrected chi connectivity index (χ0v) is 17.1. The number of methoxy groups -OCH3 is 2. The van der Waals surface area contributed by atoms with Crippen molar-refractivity contribution in [2.45, 2.75) is 10.6 Å². The third-order valence-corrected chi connectivity index (χ3v) is 5.25. The highest BCUT2D eigenvalue weighted by Crippen LogP contribution is 2.23. The fourth-order valence-electron chi connectivity index (χ4n) is 2.60. The number of amides is 1. The summed E-state index contributed by atoms with van der Waals surface area (Å²) in [4.78, 5) is 13.5. The van der Waals surface area contributed by atoms with Gasteiger partial charge in [0.2, 0.25) is 0 Å². The zero-order chi connectivity index (χ0) is 20.5. The summed E-state index contributed by atoms with van der Waals surface area (Å²) >= 11 is 1.76. The van der Waals surface area contributed by atoms with E-state index in [2.05, 4.69) is 22.7 Å². The van der Waals surface area contributed by atoms with E-state index >= 15 is 0 Å². The second-order valence-corrected chi connectivity index (χ2v) is 7.15. The highest BCUT2D eigenvalue weighted by molar-refractivity contribution is 7.98. The van der Waals surface area contributed by atoms with Crippen LogP contribution in [0.3, 0.4) is 0 Å². The van der Waals surface area contributed by atoms with Gasteiger partial charge in [-0.25, -0.2) is 5.43 Å². The van der Waals surface area contributed by atoms with Gasteiger partial charge in [0, 0.05) is 21.8 Å². The molecule has 0 atom stereocenters. The smallest absolute Gasteiger partial charge is 0.271 e. The predicted octanol–water partition coefficient (Wildman–Crippen LogP) is 4.76. The van der Waals surface area contributed by atoms with E-state index < -0.39 is 0 Å². The highest BCUT2D eigenvalue weighted by Gasteiger charge is 2.06. The number of thioether (sulfide) groups is 1. The molecule has 0 unspecified atom stereocenters. The Morgan fingerprint density at radius 2 is 1.76 bits per heavy atom. The Labute approximate surface area is 174 Å². The van der Waals surface area contributed by atoms with Crippen LogP contribution in [0.1, 0.15) is 21.5 Å². The van der Waals surface area contributed by atoms with E-state index in [9.17, 15) is 4.79 Å². The minimum atomic E-state index is -0.273. The van der Waals surface area contributed by atoms with E-state index in [1.165, 1.54) is 11.1 Å². The van der Waals surface area contributed by atoms with E-state index in [-0.39, 0.29) is 5.91 Å². The van der Waals surface area contributed by atoms with Crippen LogP contribution in [-0.2, 0) is 5.75 Å². The maximum absolute atomic E-state index is 12.3. The van der Waals surface area contributed by atoms with E-state index in [0.717, 1.165) is 11.3 Å². The first-order chi connectivity index (χ1) is 14.2. The number of hydrazone groups is 1. The second kappa shape index (κ2) is 10.3. The Hall–Kier alpha value is -3.25. The van der Waals surface area contributed by atoms with Crippen molar-refractivity contribution in [1.82, 2.24) is 5.43 Å². The lowest BCUT2D eigenvalue weighted by molar-refractivity contribution is 0.0955. The summed E-state index contributed by atoms with van der Waals surface area (Å²) in [6.45, 7) is 0. The molecule has 3 rings (SSSR count). The van der Waals surface area contributed by atoms with Gasteiger partial charge >= 0.3 is 0 Å². The first-order valence-electron chi connectivity index (χ1n) is 9.02. The largest absolute Gasteiger partial charge is 0.497 e. The number of carbonyl (C=O) groups is 1. The standard InChI is InChI=1S/C23H22N2O3S/c1-27-20-12-13-22(28-2)19(14-20)15-24-25-23(26)18-10-8-17(9-11-18)16-29-21-6-4-3-5-7-21/h3-15H,16H2,1-2H3,(H,25,26)/b24-15-. The molecule has 0 aliphatic carbocycles. The van der Waals surface area contributed by atoms with Crippen molar-refractivity contribution in [3.63, 3.8) is 0 Å². The summed E-state index contributed by atoms with van der Waals surface area (Å²) in [7, 11) is 3.17. The number of ether oxygens (including phenoxy) is 2. The van der Waals surface area contributed by atoms with Crippen LogP contribution >= 0.6 is 11.8 Å². The fourth-order valence-corrected chi connectivity index (χ4v) is 3.48. The molecule has 0 radical (unpaired) electrons. The molecular formula is C23H22N2O3S. The molecule has 0 spiro atoms. The van der Waals surface area contributed by atoms with Crippen LogP contribution in [0.5, 0.6) is 11.5 Å². The number of rotatable bonds is 8. The highest BCUT2D eigenvalue weighted by atomic mass is 32.2. The van der Waals surface area contributed by atoms with Crippen LogP contribution < -0.4 is 14.9 Å². The SMILES string of the molecule is COc1ccc(OC)c(/C=N\NC(=O)c2ccc(CSc3ccccc3)cc2)c1. The van der Waals surface area contributed by atoms with Gasteiger partial charge in [-0.1, -0.05) is 30.3 Å². The quantitative estimate of drug-likeness (QED) is 0.333. The van der Waals surface area contributed by atoms with Crippen molar-refractivity contribution in [1.29, 1.82) is 0 Å². The molecule has 5 nitrogen and oxygen atoms in total. The summed E-state index contributed by atoms with van der Waals surface area (Å²) in [5, 5.41) is 4.04. The molecule has 6 heteroatoms. The summed E-state index contributed by atoms with van der Waals surface area (Å²) < 4.78 is 10.5. The fraction of sp³-hybridized carbons (Fsp3) is 0.130. The summed E-state index contributed by atoms with van der Waals surface area (Å²) in [6, 6.07) is 23.1. The van der Waals surface area contributed by atoms with Gasteiger partial charge in [-0.15, -0.1) is 11.8 Å². The van der Waals surface area contributed by atoms with Crippen molar-refractivity contribution >= 4 is 23.9 Å². The van der Waals surface area contributed by atoms with Crippen molar-refractivity contribution in [2.75, 3.05) is 14.2 Å². The molecule has 0 saturated carbocycles. The van der Waals surface area contributed by atoms with E-state index in [0.29, 0.717) is 22.6 Å². The van der Waals surface area contributed by atoms with Gasteiger partial charge in [0.25, 0.3) is 5.91 Å². The third kappa shape index (κ3) is 5.86. The molecule has 1 amide bonds. The minimum absolute atomic E-state index is 0.273. The second-order valence-electron chi connectivity index (χ2n) is 6.11. The van der Waals surface area contributed by atoms with Crippen LogP contribution in [0.15, 0.2) is 82.8 Å². The Balaban J connectivity index is 1.57. The number of hydrogen-bond donors (Lipinski definition) is 1. The molecule has 3 aromatic rings.